The fourth-order valence-corrected chi connectivity index (χ4v) is 3.59. The van der Waals surface area contributed by atoms with Gasteiger partial charge >= 0.3 is 5.97 Å². The number of esters is 1. The van der Waals surface area contributed by atoms with E-state index in [0.29, 0.717) is 29.3 Å². The first-order valence-corrected chi connectivity index (χ1v) is 10.3. The van der Waals surface area contributed by atoms with E-state index in [1.165, 1.54) is 7.11 Å². The topological polar surface area (TPSA) is 184 Å². The Morgan fingerprint density at radius 3 is 2.49 bits per heavy atom. The van der Waals surface area contributed by atoms with Crippen LogP contribution in [0.25, 0.3) is 0 Å². The van der Waals surface area contributed by atoms with Gasteiger partial charge in [0, 0.05) is 5.56 Å². The third kappa shape index (κ3) is 4.60. The lowest BCUT2D eigenvalue weighted by atomic mass is 9.95. The predicted octanol–water partition coefficient (Wildman–Crippen LogP) is 2.42. The first-order chi connectivity index (χ1) is 16.9. The highest BCUT2D eigenvalue weighted by atomic mass is 16.5. The van der Waals surface area contributed by atoms with Gasteiger partial charge in [-0.3, -0.25) is 5.32 Å². The van der Waals surface area contributed by atoms with E-state index in [0.717, 1.165) is 11.1 Å². The number of benzene rings is 2. The summed E-state index contributed by atoms with van der Waals surface area (Å²) >= 11 is 0. The number of carbonyl (C=O) groups is 1. The predicted molar refractivity (Wildman–Crippen MR) is 128 cm³/mol. The molecule has 1 atom stereocenters. The molecule has 6 N–H and O–H groups in total. The molecule has 0 radical (unpaired) electrons. The number of nitriles is 2. The number of fused-ring (bicyclic) bond motifs is 1. The molecule has 0 fully saturated rings. The zero-order valence-corrected chi connectivity index (χ0v) is 18.6. The van der Waals surface area contributed by atoms with Crippen LogP contribution >= 0.6 is 0 Å². The quantitative estimate of drug-likeness (QED) is 0.246. The molecule has 11 heteroatoms. The number of nitrogen functional groups attached to an aromatic ring is 2. The molecule has 174 valence electrons. The van der Waals surface area contributed by atoms with Crippen molar-refractivity contribution in [1.82, 2.24) is 10.3 Å². The molecule has 3 aromatic rings. The third-order valence-electron chi connectivity index (χ3n) is 5.33. The number of hydrogen-bond acceptors (Lipinski definition) is 11. The van der Waals surface area contributed by atoms with E-state index in [-0.39, 0.29) is 23.0 Å². The number of guanidine groups is 1. The highest BCUT2D eigenvalue weighted by Gasteiger charge is 2.29. The molecule has 1 aliphatic heterocycles. The number of aliphatic imine (C=N–C) groups is 1. The van der Waals surface area contributed by atoms with Gasteiger partial charge in [-0.05, 0) is 35.4 Å². The van der Waals surface area contributed by atoms with Crippen molar-refractivity contribution in [3.05, 3.63) is 76.3 Å². The maximum Gasteiger partial charge on any atom is 0.337 e. The number of nitrogens with one attached hydrogen (secondary N) is 2. The van der Waals surface area contributed by atoms with Crippen LogP contribution in [-0.2, 0) is 11.3 Å². The number of rotatable bonds is 5. The second-order valence-electron chi connectivity index (χ2n) is 7.45. The smallest absolute Gasteiger partial charge is 0.337 e. The van der Waals surface area contributed by atoms with Crippen molar-refractivity contribution in [1.29, 1.82) is 10.5 Å². The van der Waals surface area contributed by atoms with Crippen LogP contribution in [0, 0.1) is 22.8 Å². The Labute approximate surface area is 200 Å². The third-order valence-corrected chi connectivity index (χ3v) is 5.33. The van der Waals surface area contributed by atoms with Crippen LogP contribution in [-0.4, -0.2) is 24.0 Å². The Morgan fingerprint density at radius 2 is 1.86 bits per heavy atom. The minimum Gasteiger partial charge on any atom is -0.489 e. The van der Waals surface area contributed by atoms with Crippen LogP contribution in [0.3, 0.4) is 0 Å². The molecular weight excluding hydrogens is 448 g/mol. The van der Waals surface area contributed by atoms with Gasteiger partial charge < -0.3 is 26.3 Å². The number of hydrogen-bond donors (Lipinski definition) is 4. The maximum absolute atomic E-state index is 11.6. The Morgan fingerprint density at radius 1 is 1.14 bits per heavy atom. The summed E-state index contributed by atoms with van der Waals surface area (Å²) in [6, 6.07) is 15.4. The van der Waals surface area contributed by atoms with Gasteiger partial charge in [-0.2, -0.15) is 10.5 Å². The Bertz CT molecular complexity index is 1390. The Hall–Kier alpha value is -5.29. The lowest BCUT2D eigenvalue weighted by Crippen LogP contribution is -2.32. The van der Waals surface area contributed by atoms with Crippen LogP contribution in [0.1, 0.15) is 38.7 Å². The van der Waals surface area contributed by atoms with E-state index in [4.69, 9.17) is 26.2 Å². The number of anilines is 3. The van der Waals surface area contributed by atoms with Crippen molar-refractivity contribution >= 4 is 29.3 Å². The van der Waals surface area contributed by atoms with E-state index in [1.807, 2.05) is 24.4 Å². The molecule has 0 bridgehead atoms. The Kier molecular flexibility index (Phi) is 6.33. The van der Waals surface area contributed by atoms with E-state index in [2.05, 4.69) is 20.6 Å². The average molecular weight is 468 g/mol. The summed E-state index contributed by atoms with van der Waals surface area (Å²) in [5, 5.41) is 23.8. The molecular formula is C24H20N8O3. The van der Waals surface area contributed by atoms with Gasteiger partial charge in [-0.15, -0.1) is 0 Å². The molecule has 35 heavy (non-hydrogen) atoms. The van der Waals surface area contributed by atoms with E-state index < -0.39 is 12.0 Å². The van der Waals surface area contributed by atoms with E-state index >= 15 is 0 Å². The summed E-state index contributed by atoms with van der Waals surface area (Å²) in [7, 11) is 1.33. The standard InChI is InChI=1S/C24H20N8O3/c1-34-23(33)15-4-2-13(3-5-15)11-35-16-8-6-14(7-9-16)20-18-19(27)17(10-25)21(28)31-22(18)32-24(30-20)29-12-26/h2-9,20H,11H2,1H3,(H6,27,28,29,30,31,32). The van der Waals surface area contributed by atoms with Crippen LogP contribution in [0.4, 0.5) is 17.3 Å². The van der Waals surface area contributed by atoms with E-state index in [1.54, 1.807) is 36.4 Å². The first kappa shape index (κ1) is 22.9. The molecule has 0 saturated carbocycles. The summed E-state index contributed by atoms with van der Waals surface area (Å²) in [5.41, 5.74) is 14.9. The van der Waals surface area contributed by atoms with Gasteiger partial charge in [-0.1, -0.05) is 24.3 Å². The van der Waals surface area contributed by atoms with Crippen molar-refractivity contribution in [3.8, 4) is 18.0 Å². The number of pyridine rings is 1. The second kappa shape index (κ2) is 9.68. The zero-order chi connectivity index (χ0) is 24.9. The second-order valence-corrected chi connectivity index (χ2v) is 7.45. The van der Waals surface area contributed by atoms with Crippen molar-refractivity contribution in [2.45, 2.75) is 12.6 Å². The van der Waals surface area contributed by atoms with Gasteiger partial charge in [0.15, 0.2) is 6.19 Å². The molecule has 1 aliphatic rings. The number of nitrogens with zero attached hydrogens (tertiary/aromatic N) is 4. The molecule has 1 aromatic heterocycles. The highest BCUT2D eigenvalue weighted by molar-refractivity contribution is 5.98. The fourth-order valence-electron chi connectivity index (χ4n) is 3.59. The van der Waals surface area contributed by atoms with Gasteiger partial charge in [0.1, 0.15) is 41.7 Å². The maximum atomic E-state index is 11.6. The number of aromatic nitrogens is 1. The molecule has 2 aromatic carbocycles. The molecule has 0 spiro atoms. The average Bonchev–Trinajstić information content (AvgIpc) is 2.87. The molecule has 4 rings (SSSR count). The molecule has 0 aliphatic carbocycles. The number of nitrogens with two attached hydrogens (primary N) is 2. The lowest BCUT2D eigenvalue weighted by Gasteiger charge is -2.26. The van der Waals surface area contributed by atoms with Gasteiger partial charge in [0.25, 0.3) is 0 Å². The summed E-state index contributed by atoms with van der Waals surface area (Å²) in [6.45, 7) is 0.299. The van der Waals surface area contributed by atoms with Crippen LogP contribution in [0.2, 0.25) is 0 Å². The Balaban J connectivity index is 1.57. The van der Waals surface area contributed by atoms with Gasteiger partial charge in [0.2, 0.25) is 5.96 Å². The van der Waals surface area contributed by atoms with Crippen molar-refractivity contribution in [2.24, 2.45) is 4.99 Å². The van der Waals surface area contributed by atoms with Crippen LogP contribution in [0.5, 0.6) is 5.75 Å². The van der Waals surface area contributed by atoms with Crippen LogP contribution < -0.4 is 26.8 Å². The molecule has 1 unspecified atom stereocenters. The monoisotopic (exact) mass is 468 g/mol. The van der Waals surface area contributed by atoms with Crippen LogP contribution in [0.15, 0.2) is 53.5 Å². The summed E-state index contributed by atoms with van der Waals surface area (Å²) < 4.78 is 10.5. The van der Waals surface area contributed by atoms with Gasteiger partial charge in [-0.25, -0.2) is 14.8 Å². The molecule has 11 nitrogen and oxygen atoms in total. The van der Waals surface area contributed by atoms with Crippen molar-refractivity contribution in [2.75, 3.05) is 23.9 Å². The number of carbonyl (C=O) groups excluding carboxylic acids is 1. The molecule has 0 amide bonds. The van der Waals surface area contributed by atoms with Crippen molar-refractivity contribution in [3.63, 3.8) is 0 Å². The molecule has 2 heterocycles. The van der Waals surface area contributed by atoms with Crippen molar-refractivity contribution < 1.29 is 14.3 Å². The number of ether oxygens (including phenoxy) is 2. The molecule has 0 saturated heterocycles. The summed E-state index contributed by atoms with van der Waals surface area (Å²) in [6.07, 6.45) is 1.81. The largest absolute Gasteiger partial charge is 0.489 e. The first-order valence-electron chi connectivity index (χ1n) is 10.3. The normalized spacial score (nSPS) is 13.8. The minimum atomic E-state index is -0.637. The lowest BCUT2D eigenvalue weighted by molar-refractivity contribution is 0.0600. The van der Waals surface area contributed by atoms with E-state index in [9.17, 15) is 10.1 Å². The fraction of sp³-hybridized carbons (Fsp3) is 0.125. The summed E-state index contributed by atoms with van der Waals surface area (Å²) in [5.74, 6) is 0.685. The number of methoxy groups -OCH3 is 1. The highest BCUT2D eigenvalue weighted by Crippen LogP contribution is 2.40. The van der Waals surface area contributed by atoms with Gasteiger partial charge in [0.05, 0.1) is 18.4 Å². The summed E-state index contributed by atoms with van der Waals surface area (Å²) in [4.78, 5) is 20.3. The zero-order valence-electron chi connectivity index (χ0n) is 18.6. The minimum absolute atomic E-state index is 0.0171. The SMILES string of the molecule is COC(=O)c1ccc(COc2ccc(C3N=C(NC#N)Nc4nc(N)c(C#N)c(N)c43)cc2)cc1.